The third-order valence-corrected chi connectivity index (χ3v) is 2.54. The van der Waals surface area contributed by atoms with Gasteiger partial charge in [0.1, 0.15) is 0 Å². The van der Waals surface area contributed by atoms with E-state index < -0.39 is 18.6 Å². The molecule has 0 heterocycles. The van der Waals surface area contributed by atoms with E-state index in [1.807, 2.05) is 5.48 Å². The number of urea groups is 1. The van der Waals surface area contributed by atoms with Gasteiger partial charge in [0.2, 0.25) is 0 Å². The largest absolute Gasteiger partial charge is 0.479 e. The van der Waals surface area contributed by atoms with Gasteiger partial charge in [0.15, 0.2) is 6.61 Å². The van der Waals surface area contributed by atoms with E-state index in [9.17, 15) is 9.59 Å². The number of amides is 2. The first-order valence-electron chi connectivity index (χ1n) is 4.99. The van der Waals surface area contributed by atoms with E-state index >= 15 is 0 Å². The van der Waals surface area contributed by atoms with Gasteiger partial charge in [-0.1, -0.05) is 13.3 Å². The van der Waals surface area contributed by atoms with Crippen molar-refractivity contribution in [3.63, 3.8) is 0 Å². The lowest BCUT2D eigenvalue weighted by Gasteiger charge is -2.17. The van der Waals surface area contributed by atoms with Crippen molar-refractivity contribution in [1.82, 2.24) is 10.8 Å². The van der Waals surface area contributed by atoms with Crippen LogP contribution in [0.5, 0.6) is 0 Å². The Hall–Kier alpha value is -1.30. The van der Waals surface area contributed by atoms with Crippen molar-refractivity contribution in [3.05, 3.63) is 0 Å². The summed E-state index contributed by atoms with van der Waals surface area (Å²) in [6.07, 6.45) is 3.19. The topological polar surface area (TPSA) is 87.7 Å². The summed E-state index contributed by atoms with van der Waals surface area (Å²) >= 11 is 0. The van der Waals surface area contributed by atoms with Crippen molar-refractivity contribution >= 4 is 12.0 Å². The molecule has 6 heteroatoms. The molecule has 0 bridgehead atoms. The summed E-state index contributed by atoms with van der Waals surface area (Å²) in [7, 11) is 0. The van der Waals surface area contributed by atoms with Gasteiger partial charge in [0.05, 0.1) is 0 Å². The predicted molar refractivity (Wildman–Crippen MR) is 52.1 cm³/mol. The zero-order chi connectivity index (χ0) is 11.3. The molecule has 1 saturated carbocycles. The molecule has 3 N–H and O–H groups in total. The Morgan fingerprint density at radius 1 is 1.47 bits per heavy atom. The molecule has 1 aliphatic rings. The molecule has 0 aromatic heterocycles. The molecular formula is C9H16N2O4. The van der Waals surface area contributed by atoms with E-state index in [4.69, 9.17) is 5.11 Å². The van der Waals surface area contributed by atoms with Crippen LogP contribution >= 0.6 is 0 Å². The lowest BCUT2D eigenvalue weighted by molar-refractivity contribution is -0.144. The van der Waals surface area contributed by atoms with Crippen molar-refractivity contribution in [3.8, 4) is 0 Å². The van der Waals surface area contributed by atoms with Crippen LogP contribution in [0.4, 0.5) is 4.79 Å². The summed E-state index contributed by atoms with van der Waals surface area (Å²) in [5, 5.41) is 11.0. The summed E-state index contributed by atoms with van der Waals surface area (Å²) in [5.41, 5.74) is 2.03. The van der Waals surface area contributed by atoms with Crippen LogP contribution in [0, 0.1) is 5.92 Å². The molecule has 15 heavy (non-hydrogen) atoms. The second-order valence-electron chi connectivity index (χ2n) is 3.77. The third-order valence-electron chi connectivity index (χ3n) is 2.54. The molecule has 0 aliphatic heterocycles. The fraction of sp³-hybridized carbons (Fsp3) is 0.778. The van der Waals surface area contributed by atoms with E-state index in [1.165, 1.54) is 0 Å². The Labute approximate surface area is 87.9 Å². The first-order valence-corrected chi connectivity index (χ1v) is 4.99. The Bertz CT molecular complexity index is 244. The van der Waals surface area contributed by atoms with Crippen LogP contribution in [0.1, 0.15) is 26.2 Å². The van der Waals surface area contributed by atoms with Gasteiger partial charge in [-0.05, 0) is 18.8 Å². The van der Waals surface area contributed by atoms with Crippen molar-refractivity contribution < 1.29 is 19.5 Å². The molecule has 86 valence electrons. The predicted octanol–water partition coefficient (Wildman–Crippen LogP) is 0.490. The first kappa shape index (κ1) is 11.8. The number of carboxylic acid groups (broad SMARTS) is 1. The molecule has 0 saturated heterocycles. The van der Waals surface area contributed by atoms with Crippen LogP contribution < -0.4 is 10.8 Å². The lowest BCUT2D eigenvalue weighted by atomic mass is 10.1. The molecule has 1 rings (SSSR count). The molecule has 2 amide bonds. The van der Waals surface area contributed by atoms with Gasteiger partial charge < -0.3 is 10.4 Å². The number of hydrogen-bond donors (Lipinski definition) is 3. The zero-order valence-electron chi connectivity index (χ0n) is 8.66. The number of carbonyl (C=O) groups is 2. The minimum atomic E-state index is -1.12. The number of hydroxylamine groups is 1. The summed E-state index contributed by atoms with van der Waals surface area (Å²) in [6, 6.07) is -0.312. The average Bonchev–Trinajstić information content (AvgIpc) is 2.51. The van der Waals surface area contributed by atoms with E-state index in [-0.39, 0.29) is 6.04 Å². The maximum atomic E-state index is 11.2. The summed E-state index contributed by atoms with van der Waals surface area (Å²) in [6.45, 7) is 1.55. The minimum Gasteiger partial charge on any atom is -0.479 e. The fourth-order valence-corrected chi connectivity index (χ4v) is 1.72. The van der Waals surface area contributed by atoms with Crippen LogP contribution in [0.25, 0.3) is 0 Å². The summed E-state index contributed by atoms with van der Waals surface area (Å²) in [4.78, 5) is 25.7. The van der Waals surface area contributed by atoms with Crippen LogP contribution in [0.3, 0.4) is 0 Å². The zero-order valence-corrected chi connectivity index (χ0v) is 8.66. The van der Waals surface area contributed by atoms with Crippen LogP contribution in [-0.2, 0) is 9.63 Å². The van der Waals surface area contributed by atoms with Gasteiger partial charge in [0, 0.05) is 6.04 Å². The smallest absolute Gasteiger partial charge is 0.338 e. The molecule has 2 atom stereocenters. The van der Waals surface area contributed by atoms with Gasteiger partial charge in [0.25, 0.3) is 0 Å². The number of aliphatic carboxylic acids is 1. The Morgan fingerprint density at radius 3 is 2.73 bits per heavy atom. The monoisotopic (exact) mass is 216 g/mol. The molecule has 0 radical (unpaired) electrons. The van der Waals surface area contributed by atoms with E-state index in [0.29, 0.717) is 5.92 Å². The van der Waals surface area contributed by atoms with Crippen LogP contribution in [0.15, 0.2) is 0 Å². The van der Waals surface area contributed by atoms with E-state index in [0.717, 1.165) is 19.3 Å². The Balaban J connectivity index is 2.15. The molecule has 2 unspecified atom stereocenters. The maximum absolute atomic E-state index is 11.2. The van der Waals surface area contributed by atoms with Gasteiger partial charge >= 0.3 is 12.0 Å². The second kappa shape index (κ2) is 5.55. The first-order chi connectivity index (χ1) is 7.09. The molecule has 0 aromatic carbocycles. The molecule has 1 fully saturated rings. The molecule has 0 aromatic rings. The molecular weight excluding hydrogens is 200 g/mol. The highest BCUT2D eigenvalue weighted by Gasteiger charge is 2.24. The van der Waals surface area contributed by atoms with Crippen molar-refractivity contribution in [1.29, 1.82) is 0 Å². The molecule has 1 aliphatic carbocycles. The van der Waals surface area contributed by atoms with Gasteiger partial charge in [-0.3, -0.25) is 4.84 Å². The van der Waals surface area contributed by atoms with E-state index in [2.05, 4.69) is 17.1 Å². The van der Waals surface area contributed by atoms with Gasteiger partial charge in [-0.2, -0.15) is 0 Å². The summed E-state index contributed by atoms with van der Waals surface area (Å²) in [5.74, 6) is -0.653. The molecule has 6 nitrogen and oxygen atoms in total. The quantitative estimate of drug-likeness (QED) is 0.597. The highest BCUT2D eigenvalue weighted by Crippen LogP contribution is 2.24. The summed E-state index contributed by atoms with van der Waals surface area (Å²) < 4.78 is 0. The molecule has 0 spiro atoms. The van der Waals surface area contributed by atoms with E-state index in [1.54, 1.807) is 0 Å². The van der Waals surface area contributed by atoms with Gasteiger partial charge in [-0.25, -0.2) is 15.1 Å². The Kier molecular flexibility index (Phi) is 4.36. The average molecular weight is 216 g/mol. The standard InChI is InChI=1S/C9H16N2O4/c1-6-3-2-4-7(6)10-9(14)11-15-5-8(12)13/h6-7H,2-5H2,1H3,(H,12,13)(H2,10,11,14). The second-order valence-corrected chi connectivity index (χ2v) is 3.77. The minimum absolute atomic E-state index is 0.165. The number of hydrogen-bond acceptors (Lipinski definition) is 3. The number of carbonyl (C=O) groups excluding carboxylic acids is 1. The van der Waals surface area contributed by atoms with Crippen molar-refractivity contribution in [2.45, 2.75) is 32.2 Å². The van der Waals surface area contributed by atoms with Crippen molar-refractivity contribution in [2.75, 3.05) is 6.61 Å². The third kappa shape index (κ3) is 4.16. The SMILES string of the molecule is CC1CCCC1NC(=O)NOCC(=O)O. The lowest BCUT2D eigenvalue weighted by Crippen LogP contribution is -2.43. The number of nitrogens with one attached hydrogen (secondary N) is 2. The number of carboxylic acids is 1. The van der Waals surface area contributed by atoms with Crippen molar-refractivity contribution in [2.24, 2.45) is 5.92 Å². The fourth-order valence-electron chi connectivity index (χ4n) is 1.72. The van der Waals surface area contributed by atoms with Gasteiger partial charge in [-0.15, -0.1) is 0 Å². The normalized spacial score (nSPS) is 24.9. The van der Waals surface area contributed by atoms with Crippen LogP contribution in [0.2, 0.25) is 0 Å². The highest BCUT2D eigenvalue weighted by molar-refractivity contribution is 5.73. The highest BCUT2D eigenvalue weighted by atomic mass is 16.7. The Morgan fingerprint density at radius 2 is 2.20 bits per heavy atom. The van der Waals surface area contributed by atoms with Crippen LogP contribution in [-0.4, -0.2) is 29.8 Å². The number of rotatable bonds is 4. The maximum Gasteiger partial charge on any atom is 0.338 e.